The van der Waals surface area contributed by atoms with Gasteiger partial charge in [-0.1, -0.05) is 24.8 Å². The Labute approximate surface area is 198 Å². The van der Waals surface area contributed by atoms with Crippen LogP contribution < -0.4 is 15.8 Å². The summed E-state index contributed by atoms with van der Waals surface area (Å²) in [6.07, 6.45) is 3.14. The van der Waals surface area contributed by atoms with Crippen LogP contribution in [0, 0.1) is 5.92 Å². The Kier molecular flexibility index (Phi) is 5.79. The van der Waals surface area contributed by atoms with Crippen molar-refractivity contribution in [3.63, 3.8) is 0 Å². The van der Waals surface area contributed by atoms with Crippen LogP contribution in [0.1, 0.15) is 34.9 Å². The normalized spacial score (nSPS) is 19.2. The smallest absolute Gasteiger partial charge is 0.269 e. The summed E-state index contributed by atoms with van der Waals surface area (Å²) in [6.45, 7) is 5.70. The Morgan fingerprint density at radius 3 is 2.53 bits per heavy atom. The highest BCUT2D eigenvalue weighted by molar-refractivity contribution is 5.98. The molecule has 2 aliphatic rings. The Morgan fingerprint density at radius 1 is 1.09 bits per heavy atom. The number of nitrogens with zero attached hydrogens (tertiary/aromatic N) is 3. The summed E-state index contributed by atoms with van der Waals surface area (Å²) in [5.41, 5.74) is 8.40. The fourth-order valence-electron chi connectivity index (χ4n) is 4.96. The second-order valence-corrected chi connectivity index (χ2v) is 8.65. The van der Waals surface area contributed by atoms with E-state index < -0.39 is 5.91 Å². The molecule has 1 fully saturated rings. The van der Waals surface area contributed by atoms with Gasteiger partial charge in [-0.05, 0) is 61.2 Å². The number of fused-ring (bicyclic) bond motifs is 1. The van der Waals surface area contributed by atoms with Crippen molar-refractivity contribution in [3.05, 3.63) is 78.6 Å². The lowest BCUT2D eigenvalue weighted by atomic mass is 9.83. The van der Waals surface area contributed by atoms with E-state index in [2.05, 4.69) is 11.9 Å². The number of anilines is 1. The van der Waals surface area contributed by atoms with Crippen molar-refractivity contribution in [1.29, 1.82) is 0 Å². The maximum atomic E-state index is 12.5. The minimum absolute atomic E-state index is 0.0437. The van der Waals surface area contributed by atoms with Gasteiger partial charge >= 0.3 is 0 Å². The number of likely N-dealkylation sites (tertiary alicyclic amines) is 1. The Bertz CT molecular complexity index is 1220. The number of aromatic nitrogens is 2. The van der Waals surface area contributed by atoms with E-state index in [4.69, 9.17) is 15.6 Å². The third-order valence-corrected chi connectivity index (χ3v) is 6.59. The molecule has 0 aliphatic carbocycles. The SMILES string of the molecule is C=CC(=O)N1CCC(C2CCNc3c2nn(-c2ccc(Oc4ccccc4)cc2)c3C(N)=O)C1. The third-order valence-electron chi connectivity index (χ3n) is 6.59. The first-order valence-corrected chi connectivity index (χ1v) is 11.5. The number of primary amides is 1. The largest absolute Gasteiger partial charge is 0.457 e. The van der Waals surface area contributed by atoms with Crippen LogP contribution >= 0.6 is 0 Å². The average molecular weight is 458 g/mol. The molecule has 1 aromatic heterocycles. The van der Waals surface area contributed by atoms with Crippen LogP contribution in [0.4, 0.5) is 5.69 Å². The summed E-state index contributed by atoms with van der Waals surface area (Å²) in [4.78, 5) is 26.4. The zero-order valence-corrected chi connectivity index (χ0v) is 18.8. The Balaban J connectivity index is 1.45. The van der Waals surface area contributed by atoms with Gasteiger partial charge in [-0.3, -0.25) is 9.59 Å². The summed E-state index contributed by atoms with van der Waals surface area (Å²) >= 11 is 0. The van der Waals surface area contributed by atoms with E-state index >= 15 is 0 Å². The molecule has 2 atom stereocenters. The number of para-hydroxylation sites is 1. The number of nitrogens with one attached hydrogen (secondary N) is 1. The first kappa shape index (κ1) is 21.8. The molecule has 2 unspecified atom stereocenters. The molecule has 8 nitrogen and oxygen atoms in total. The first-order chi connectivity index (χ1) is 16.5. The van der Waals surface area contributed by atoms with Crippen molar-refractivity contribution < 1.29 is 14.3 Å². The summed E-state index contributed by atoms with van der Waals surface area (Å²) < 4.78 is 7.50. The van der Waals surface area contributed by atoms with Crippen molar-refractivity contribution in [2.45, 2.75) is 18.8 Å². The van der Waals surface area contributed by atoms with Gasteiger partial charge in [0.15, 0.2) is 5.69 Å². The van der Waals surface area contributed by atoms with Gasteiger partial charge in [0.05, 0.1) is 17.1 Å². The van der Waals surface area contributed by atoms with Crippen LogP contribution in [-0.2, 0) is 4.79 Å². The predicted octanol–water partition coefficient (Wildman–Crippen LogP) is 3.70. The lowest BCUT2D eigenvalue weighted by Crippen LogP contribution is -2.29. The number of amides is 2. The highest BCUT2D eigenvalue weighted by atomic mass is 16.5. The van der Waals surface area contributed by atoms with Gasteiger partial charge in [0.1, 0.15) is 11.5 Å². The van der Waals surface area contributed by atoms with Gasteiger partial charge < -0.3 is 20.7 Å². The monoisotopic (exact) mass is 457 g/mol. The second kappa shape index (κ2) is 9.05. The number of nitrogens with two attached hydrogens (primary N) is 1. The van der Waals surface area contributed by atoms with Gasteiger partial charge in [-0.2, -0.15) is 5.10 Å². The maximum Gasteiger partial charge on any atom is 0.269 e. The minimum Gasteiger partial charge on any atom is -0.457 e. The number of hydrogen-bond acceptors (Lipinski definition) is 5. The van der Waals surface area contributed by atoms with Crippen LogP contribution in [0.3, 0.4) is 0 Å². The van der Waals surface area contributed by atoms with Gasteiger partial charge in [-0.25, -0.2) is 4.68 Å². The topological polar surface area (TPSA) is 102 Å². The molecule has 3 aromatic rings. The van der Waals surface area contributed by atoms with Crippen LogP contribution in [0.25, 0.3) is 5.69 Å². The average Bonchev–Trinajstić information content (AvgIpc) is 3.50. The van der Waals surface area contributed by atoms with Crippen LogP contribution in [-0.4, -0.2) is 46.1 Å². The second-order valence-electron chi connectivity index (χ2n) is 8.65. The molecule has 1 saturated heterocycles. The molecule has 2 aliphatic heterocycles. The molecule has 174 valence electrons. The zero-order chi connectivity index (χ0) is 23.7. The number of carbonyl (C=O) groups excluding carboxylic acids is 2. The van der Waals surface area contributed by atoms with Crippen LogP contribution in [0.15, 0.2) is 67.3 Å². The van der Waals surface area contributed by atoms with E-state index in [1.165, 1.54) is 6.08 Å². The van der Waals surface area contributed by atoms with Crippen LogP contribution in [0.5, 0.6) is 11.5 Å². The predicted molar refractivity (Wildman–Crippen MR) is 129 cm³/mol. The molecule has 3 N–H and O–H groups in total. The molecule has 5 rings (SSSR count). The molecule has 0 radical (unpaired) electrons. The number of carbonyl (C=O) groups is 2. The number of rotatable bonds is 6. The van der Waals surface area contributed by atoms with Crippen LogP contribution in [0.2, 0.25) is 0 Å². The molecule has 2 amide bonds. The molecule has 34 heavy (non-hydrogen) atoms. The highest BCUT2D eigenvalue weighted by Gasteiger charge is 2.38. The van der Waals surface area contributed by atoms with E-state index in [0.717, 1.165) is 36.5 Å². The molecular formula is C26H27N5O3. The van der Waals surface area contributed by atoms with E-state index in [0.29, 0.717) is 30.2 Å². The van der Waals surface area contributed by atoms with Crippen molar-refractivity contribution in [2.75, 3.05) is 25.0 Å². The number of benzene rings is 2. The van der Waals surface area contributed by atoms with E-state index in [1.54, 1.807) is 4.68 Å². The molecule has 3 heterocycles. The third kappa shape index (κ3) is 4.03. The zero-order valence-electron chi connectivity index (χ0n) is 18.8. The van der Waals surface area contributed by atoms with E-state index in [1.807, 2.05) is 59.5 Å². The summed E-state index contributed by atoms with van der Waals surface area (Å²) in [6, 6.07) is 16.9. The highest BCUT2D eigenvalue weighted by Crippen LogP contribution is 2.42. The maximum absolute atomic E-state index is 12.5. The quantitative estimate of drug-likeness (QED) is 0.550. The number of hydrogen-bond donors (Lipinski definition) is 2. The molecule has 0 spiro atoms. The summed E-state index contributed by atoms with van der Waals surface area (Å²) in [7, 11) is 0. The van der Waals surface area contributed by atoms with Gasteiger partial charge in [0.2, 0.25) is 5.91 Å². The van der Waals surface area contributed by atoms with E-state index in [-0.39, 0.29) is 17.7 Å². The van der Waals surface area contributed by atoms with Crippen molar-refractivity contribution >= 4 is 17.5 Å². The fraction of sp³-hybridized carbons (Fsp3) is 0.269. The van der Waals surface area contributed by atoms with Gasteiger partial charge in [0.25, 0.3) is 5.91 Å². The van der Waals surface area contributed by atoms with Crippen molar-refractivity contribution in [2.24, 2.45) is 11.7 Å². The van der Waals surface area contributed by atoms with E-state index in [9.17, 15) is 9.59 Å². The van der Waals surface area contributed by atoms with Gasteiger partial charge in [0, 0.05) is 25.6 Å². The van der Waals surface area contributed by atoms with Gasteiger partial charge in [-0.15, -0.1) is 0 Å². The molecule has 0 saturated carbocycles. The molecular weight excluding hydrogens is 430 g/mol. The fourth-order valence-corrected chi connectivity index (χ4v) is 4.96. The molecule has 0 bridgehead atoms. The Hall–Kier alpha value is -4.07. The molecule has 2 aromatic carbocycles. The van der Waals surface area contributed by atoms with Crippen molar-refractivity contribution in [1.82, 2.24) is 14.7 Å². The minimum atomic E-state index is -0.540. The lowest BCUT2D eigenvalue weighted by molar-refractivity contribution is -0.125. The Morgan fingerprint density at radius 2 is 1.82 bits per heavy atom. The summed E-state index contributed by atoms with van der Waals surface area (Å²) in [5, 5.41) is 8.20. The van der Waals surface area contributed by atoms with Crippen molar-refractivity contribution in [3.8, 4) is 17.2 Å². The first-order valence-electron chi connectivity index (χ1n) is 11.5. The lowest BCUT2D eigenvalue weighted by Gasteiger charge is -2.27. The summed E-state index contributed by atoms with van der Waals surface area (Å²) in [5.74, 6) is 1.25. The molecule has 8 heteroatoms. The standard InChI is InChI=1S/C26H27N5O3/c1-2-22(32)30-15-13-17(16-30)21-12-14-28-24-23(21)29-31(25(24)26(27)33)18-8-10-20(11-9-18)34-19-6-4-3-5-7-19/h2-11,17,21,28H,1,12-16H2,(H2,27,33). The number of ether oxygens (including phenoxy) is 1.